The van der Waals surface area contributed by atoms with Crippen LogP contribution in [0.1, 0.15) is 13.8 Å². The summed E-state index contributed by atoms with van der Waals surface area (Å²) >= 11 is 5.74. The Labute approximate surface area is 78.0 Å². The average molecular weight is 188 g/mol. The summed E-state index contributed by atoms with van der Waals surface area (Å²) < 4.78 is 0. The molecule has 0 aliphatic heterocycles. The molecule has 0 aliphatic carbocycles. The fraction of sp³-hybridized carbons (Fsp3) is 0.500. The van der Waals surface area contributed by atoms with Crippen LogP contribution in [0.25, 0.3) is 0 Å². The van der Waals surface area contributed by atoms with Crippen LogP contribution >= 0.6 is 11.6 Å². The molecule has 68 valence electrons. The molecule has 4 heteroatoms. The van der Waals surface area contributed by atoms with Crippen molar-refractivity contribution >= 4 is 23.1 Å². The van der Waals surface area contributed by atoms with E-state index in [9.17, 15) is 0 Å². The molecule has 0 aromatic heterocycles. The minimum Gasteiger partial charge on any atom is -0.369 e. The maximum absolute atomic E-state index is 7.56. The number of aliphatic imine (C=N–C) groups is 1. The standard InChI is InChI=1S/C8H14ClN3/c1-4-6(9)7(10)8(11-3)12-5-2/h4,10H,5H2,1-3H3,(H,11,12)/b6-4+,10-7?. The molecule has 0 radical (unpaired) electrons. The summed E-state index contributed by atoms with van der Waals surface area (Å²) in [5, 5.41) is 10.9. The Hall–Kier alpha value is -0.830. The fourth-order valence-corrected chi connectivity index (χ4v) is 0.794. The monoisotopic (exact) mass is 187 g/mol. The largest absolute Gasteiger partial charge is 0.369 e. The Kier molecular flexibility index (Phi) is 5.37. The third-order valence-corrected chi connectivity index (χ3v) is 1.70. The van der Waals surface area contributed by atoms with Gasteiger partial charge in [-0.2, -0.15) is 0 Å². The number of nitrogens with one attached hydrogen (secondary N) is 2. The molecule has 2 N–H and O–H groups in total. The Bertz CT molecular complexity index is 218. The van der Waals surface area contributed by atoms with E-state index in [1.54, 1.807) is 20.0 Å². The molecular weight excluding hydrogens is 174 g/mol. The first-order valence-corrected chi connectivity index (χ1v) is 4.16. The first-order valence-electron chi connectivity index (χ1n) is 3.79. The molecule has 0 saturated carbocycles. The predicted octanol–water partition coefficient (Wildman–Crippen LogP) is 1.79. The van der Waals surface area contributed by atoms with Crippen molar-refractivity contribution in [2.75, 3.05) is 13.6 Å². The van der Waals surface area contributed by atoms with Gasteiger partial charge in [-0.1, -0.05) is 17.7 Å². The van der Waals surface area contributed by atoms with Crippen LogP contribution in [0.15, 0.2) is 16.1 Å². The van der Waals surface area contributed by atoms with Gasteiger partial charge in [0.1, 0.15) is 11.5 Å². The lowest BCUT2D eigenvalue weighted by Gasteiger charge is -2.06. The van der Waals surface area contributed by atoms with Gasteiger partial charge in [0.15, 0.2) is 0 Å². The third kappa shape index (κ3) is 3.05. The minimum absolute atomic E-state index is 0.239. The summed E-state index contributed by atoms with van der Waals surface area (Å²) in [6.45, 7) is 4.47. The number of nitrogens with zero attached hydrogens (tertiary/aromatic N) is 1. The predicted molar refractivity (Wildman–Crippen MR) is 54.4 cm³/mol. The van der Waals surface area contributed by atoms with Crippen LogP contribution in [0.5, 0.6) is 0 Å². The molecule has 0 heterocycles. The van der Waals surface area contributed by atoms with E-state index in [1.165, 1.54) is 0 Å². The van der Waals surface area contributed by atoms with Gasteiger partial charge >= 0.3 is 0 Å². The maximum atomic E-state index is 7.56. The van der Waals surface area contributed by atoms with Crippen molar-refractivity contribution in [1.82, 2.24) is 5.32 Å². The Morgan fingerprint density at radius 1 is 1.67 bits per heavy atom. The van der Waals surface area contributed by atoms with Gasteiger partial charge < -0.3 is 5.32 Å². The molecule has 0 rings (SSSR count). The van der Waals surface area contributed by atoms with E-state index in [-0.39, 0.29) is 5.71 Å². The highest BCUT2D eigenvalue weighted by Crippen LogP contribution is 2.02. The number of rotatable bonds is 3. The molecule has 0 spiro atoms. The van der Waals surface area contributed by atoms with E-state index in [2.05, 4.69) is 10.3 Å². The molecule has 3 nitrogen and oxygen atoms in total. The first kappa shape index (κ1) is 11.2. The Balaban J connectivity index is 4.44. The van der Waals surface area contributed by atoms with Crippen LogP contribution in [-0.4, -0.2) is 25.1 Å². The van der Waals surface area contributed by atoms with E-state index in [4.69, 9.17) is 17.0 Å². The molecule has 0 atom stereocenters. The van der Waals surface area contributed by atoms with Crippen molar-refractivity contribution in [2.45, 2.75) is 13.8 Å². The fourth-order valence-electron chi connectivity index (χ4n) is 0.704. The third-order valence-electron chi connectivity index (χ3n) is 1.30. The molecule has 0 saturated heterocycles. The van der Waals surface area contributed by atoms with Crippen molar-refractivity contribution in [3.63, 3.8) is 0 Å². The lowest BCUT2D eigenvalue weighted by atomic mass is 10.3. The summed E-state index contributed by atoms with van der Waals surface area (Å²) in [6.07, 6.45) is 1.67. The highest BCUT2D eigenvalue weighted by Gasteiger charge is 2.07. The molecular formula is C8H14ClN3. The lowest BCUT2D eigenvalue weighted by Crippen LogP contribution is -2.30. The zero-order valence-corrected chi connectivity index (χ0v) is 8.37. The van der Waals surface area contributed by atoms with Crippen LogP contribution in [-0.2, 0) is 0 Å². The average Bonchev–Trinajstić information content (AvgIpc) is 2.11. The van der Waals surface area contributed by atoms with Crippen molar-refractivity contribution < 1.29 is 0 Å². The Morgan fingerprint density at radius 3 is 2.58 bits per heavy atom. The van der Waals surface area contributed by atoms with Crippen LogP contribution in [0.3, 0.4) is 0 Å². The summed E-state index contributed by atoms with van der Waals surface area (Å²) in [6, 6.07) is 0. The van der Waals surface area contributed by atoms with E-state index in [1.807, 2.05) is 6.92 Å². The van der Waals surface area contributed by atoms with Crippen LogP contribution in [0.4, 0.5) is 0 Å². The van der Waals surface area contributed by atoms with Crippen molar-refractivity contribution in [3.05, 3.63) is 11.1 Å². The molecule has 0 aromatic carbocycles. The molecule has 0 unspecified atom stereocenters. The maximum Gasteiger partial charge on any atom is 0.147 e. The minimum atomic E-state index is 0.239. The van der Waals surface area contributed by atoms with Crippen molar-refractivity contribution in [3.8, 4) is 0 Å². The quantitative estimate of drug-likeness (QED) is 0.514. The first-order chi connectivity index (χ1) is 5.67. The lowest BCUT2D eigenvalue weighted by molar-refractivity contribution is 0.971. The number of hydrogen-bond donors (Lipinski definition) is 2. The molecule has 0 aromatic rings. The molecule has 0 fully saturated rings. The number of allylic oxidation sites excluding steroid dienone is 1. The van der Waals surface area contributed by atoms with E-state index >= 15 is 0 Å². The summed E-state index contributed by atoms with van der Waals surface area (Å²) in [7, 11) is 1.63. The topological polar surface area (TPSA) is 48.2 Å². The molecule has 12 heavy (non-hydrogen) atoms. The highest BCUT2D eigenvalue weighted by atomic mass is 35.5. The van der Waals surface area contributed by atoms with Crippen LogP contribution in [0, 0.1) is 5.41 Å². The van der Waals surface area contributed by atoms with Crippen LogP contribution in [0.2, 0.25) is 0 Å². The molecule has 0 aliphatic rings. The van der Waals surface area contributed by atoms with Gasteiger partial charge in [0.05, 0.1) is 5.03 Å². The van der Waals surface area contributed by atoms with E-state index < -0.39 is 0 Å². The van der Waals surface area contributed by atoms with Gasteiger partial charge in [0.25, 0.3) is 0 Å². The zero-order valence-electron chi connectivity index (χ0n) is 7.61. The van der Waals surface area contributed by atoms with E-state index in [0.29, 0.717) is 10.9 Å². The van der Waals surface area contributed by atoms with Gasteiger partial charge in [-0.25, -0.2) is 0 Å². The van der Waals surface area contributed by atoms with Crippen molar-refractivity contribution in [1.29, 1.82) is 5.41 Å². The number of amidine groups is 1. The number of hydrogen-bond acceptors (Lipinski definition) is 2. The second-order valence-electron chi connectivity index (χ2n) is 2.11. The summed E-state index contributed by atoms with van der Waals surface area (Å²) in [4.78, 5) is 3.90. The second-order valence-corrected chi connectivity index (χ2v) is 2.52. The Morgan fingerprint density at radius 2 is 2.25 bits per heavy atom. The van der Waals surface area contributed by atoms with Gasteiger partial charge in [-0.3, -0.25) is 10.4 Å². The second kappa shape index (κ2) is 5.77. The molecule has 0 bridgehead atoms. The van der Waals surface area contributed by atoms with Crippen molar-refractivity contribution in [2.24, 2.45) is 4.99 Å². The van der Waals surface area contributed by atoms with Gasteiger partial charge in [-0.15, -0.1) is 0 Å². The van der Waals surface area contributed by atoms with Gasteiger partial charge in [0.2, 0.25) is 0 Å². The van der Waals surface area contributed by atoms with E-state index in [0.717, 1.165) is 6.54 Å². The van der Waals surface area contributed by atoms with Crippen LogP contribution < -0.4 is 5.32 Å². The van der Waals surface area contributed by atoms with Gasteiger partial charge in [-0.05, 0) is 13.8 Å². The zero-order chi connectivity index (χ0) is 9.56. The summed E-state index contributed by atoms with van der Waals surface area (Å²) in [5.74, 6) is 0.528. The summed E-state index contributed by atoms with van der Waals surface area (Å²) in [5.41, 5.74) is 0.239. The number of halogens is 1. The normalized spacial score (nSPS) is 13.0. The SMILES string of the molecule is C/C=C(/Cl)C(=N)C(=NC)NCC. The smallest absolute Gasteiger partial charge is 0.147 e. The molecule has 0 amide bonds. The van der Waals surface area contributed by atoms with Gasteiger partial charge in [0, 0.05) is 13.6 Å². The highest BCUT2D eigenvalue weighted by molar-refractivity contribution is 6.59.